The first-order chi connectivity index (χ1) is 10.1. The molecule has 0 aliphatic rings. The lowest BCUT2D eigenvalue weighted by Crippen LogP contribution is -2.34. The van der Waals surface area contributed by atoms with Crippen molar-refractivity contribution < 1.29 is 19.1 Å². The van der Waals surface area contributed by atoms with E-state index in [9.17, 15) is 19.1 Å². The van der Waals surface area contributed by atoms with Crippen LogP contribution in [0.3, 0.4) is 0 Å². The lowest BCUT2D eigenvalue weighted by Gasteiger charge is -2.20. The van der Waals surface area contributed by atoms with Gasteiger partial charge in [0.05, 0.1) is 6.04 Å². The Morgan fingerprint density at radius 1 is 1.05 bits per heavy atom. The molecule has 0 aliphatic heterocycles. The largest absolute Gasteiger partial charge is 0.550 e. The molecule has 2 rings (SSSR count). The van der Waals surface area contributed by atoms with Gasteiger partial charge in [-0.2, -0.15) is 0 Å². The maximum atomic E-state index is 12.9. The minimum Gasteiger partial charge on any atom is -0.550 e. The molecule has 2 aromatic carbocycles. The molecule has 2 aromatic rings. The number of nitrogens with one attached hydrogen (secondary N) is 1. The molecule has 0 bridgehead atoms. The summed E-state index contributed by atoms with van der Waals surface area (Å²) in [7, 11) is 0. The van der Waals surface area contributed by atoms with E-state index in [0.29, 0.717) is 11.1 Å². The van der Waals surface area contributed by atoms with Crippen LogP contribution in [0.15, 0.2) is 54.6 Å². The van der Waals surface area contributed by atoms with Crippen molar-refractivity contribution >= 4 is 11.9 Å². The normalized spacial score (nSPS) is 11.7. The lowest BCUT2D eigenvalue weighted by molar-refractivity contribution is -0.306. The zero-order chi connectivity index (χ0) is 15.2. The molecule has 1 amide bonds. The fraction of sp³-hybridized carbons (Fsp3) is 0.125. The number of carbonyl (C=O) groups excluding carboxylic acids is 2. The summed E-state index contributed by atoms with van der Waals surface area (Å²) in [5.41, 5.74) is 0.924. The number of amides is 1. The van der Waals surface area contributed by atoms with Gasteiger partial charge >= 0.3 is 0 Å². The van der Waals surface area contributed by atoms with E-state index in [1.807, 2.05) is 0 Å². The molecule has 1 atom stereocenters. The maximum absolute atomic E-state index is 12.9. The van der Waals surface area contributed by atoms with Gasteiger partial charge < -0.3 is 15.2 Å². The molecule has 0 heterocycles. The first kappa shape index (κ1) is 14.7. The molecule has 1 N–H and O–H groups in total. The van der Waals surface area contributed by atoms with Crippen molar-refractivity contribution in [1.82, 2.24) is 5.32 Å². The smallest absolute Gasteiger partial charge is 0.251 e. The number of hydrogen-bond donors (Lipinski definition) is 1. The van der Waals surface area contributed by atoms with Gasteiger partial charge in [-0.05, 0) is 29.8 Å². The molecule has 5 heteroatoms. The molecule has 0 saturated heterocycles. The Bertz CT molecular complexity index is 626. The lowest BCUT2D eigenvalue weighted by atomic mass is 10.0. The SMILES string of the molecule is O=C([O-])CC(NC(=O)c1ccccc1)c1ccc(F)cc1. The Morgan fingerprint density at radius 3 is 2.24 bits per heavy atom. The van der Waals surface area contributed by atoms with Crippen molar-refractivity contribution in [2.75, 3.05) is 0 Å². The average molecular weight is 286 g/mol. The minimum absolute atomic E-state index is 0.385. The van der Waals surface area contributed by atoms with E-state index in [0.717, 1.165) is 0 Å². The van der Waals surface area contributed by atoms with Crippen molar-refractivity contribution in [2.24, 2.45) is 0 Å². The first-order valence-corrected chi connectivity index (χ1v) is 6.37. The predicted molar refractivity (Wildman–Crippen MR) is 72.7 cm³/mol. The van der Waals surface area contributed by atoms with Crippen molar-refractivity contribution in [3.63, 3.8) is 0 Å². The highest BCUT2D eigenvalue weighted by Crippen LogP contribution is 2.18. The predicted octanol–water partition coefficient (Wildman–Crippen LogP) is 1.44. The van der Waals surface area contributed by atoms with Crippen LogP contribution in [0.25, 0.3) is 0 Å². The molecule has 0 fully saturated rings. The number of benzene rings is 2. The van der Waals surface area contributed by atoms with E-state index < -0.39 is 23.7 Å². The van der Waals surface area contributed by atoms with Gasteiger partial charge in [0.15, 0.2) is 0 Å². The summed E-state index contributed by atoms with van der Waals surface area (Å²) in [6, 6.07) is 13.0. The van der Waals surface area contributed by atoms with Crippen LogP contribution in [0.4, 0.5) is 4.39 Å². The molecule has 0 aliphatic carbocycles. The van der Waals surface area contributed by atoms with Gasteiger partial charge in [0.25, 0.3) is 5.91 Å². The van der Waals surface area contributed by atoms with Crippen LogP contribution in [-0.4, -0.2) is 11.9 Å². The molecular formula is C16H13FNO3-. The zero-order valence-corrected chi connectivity index (χ0v) is 11.1. The Hall–Kier alpha value is -2.69. The van der Waals surface area contributed by atoms with Gasteiger partial charge in [-0.1, -0.05) is 30.3 Å². The van der Waals surface area contributed by atoms with Crippen molar-refractivity contribution in [3.05, 3.63) is 71.5 Å². The van der Waals surface area contributed by atoms with E-state index in [1.54, 1.807) is 30.3 Å². The Labute approximate surface area is 121 Å². The van der Waals surface area contributed by atoms with Crippen molar-refractivity contribution in [1.29, 1.82) is 0 Å². The van der Waals surface area contributed by atoms with Crippen LogP contribution >= 0.6 is 0 Å². The highest BCUT2D eigenvalue weighted by atomic mass is 19.1. The van der Waals surface area contributed by atoms with Crippen LogP contribution in [0.5, 0.6) is 0 Å². The number of hydrogen-bond acceptors (Lipinski definition) is 3. The Kier molecular flexibility index (Phi) is 4.66. The maximum Gasteiger partial charge on any atom is 0.251 e. The third kappa shape index (κ3) is 4.14. The molecule has 4 nitrogen and oxygen atoms in total. The molecule has 108 valence electrons. The second-order valence-electron chi connectivity index (χ2n) is 4.52. The van der Waals surface area contributed by atoms with Gasteiger partial charge in [-0.3, -0.25) is 4.79 Å². The monoisotopic (exact) mass is 286 g/mol. The Balaban J connectivity index is 2.18. The number of rotatable bonds is 5. The second-order valence-corrected chi connectivity index (χ2v) is 4.52. The van der Waals surface area contributed by atoms with Gasteiger partial charge in [-0.25, -0.2) is 4.39 Å². The molecule has 1 unspecified atom stereocenters. The summed E-state index contributed by atoms with van der Waals surface area (Å²) in [6.45, 7) is 0. The van der Waals surface area contributed by atoms with Gasteiger partial charge in [0.2, 0.25) is 0 Å². The highest BCUT2D eigenvalue weighted by molar-refractivity contribution is 5.94. The molecular weight excluding hydrogens is 273 g/mol. The standard InChI is InChI=1S/C16H14FNO3/c17-13-8-6-11(7-9-13)14(10-15(19)20)18-16(21)12-4-2-1-3-5-12/h1-9,14H,10H2,(H,18,21)(H,19,20)/p-1. The van der Waals surface area contributed by atoms with Crippen LogP contribution in [0.2, 0.25) is 0 Å². The molecule has 0 aromatic heterocycles. The summed E-state index contributed by atoms with van der Waals surface area (Å²) in [5.74, 6) is -2.12. The summed E-state index contributed by atoms with van der Waals surface area (Å²) in [6.07, 6.45) is -0.385. The number of carboxylic acid groups (broad SMARTS) is 1. The van der Waals surface area contributed by atoms with E-state index in [2.05, 4.69) is 5.32 Å². The van der Waals surface area contributed by atoms with Crippen LogP contribution < -0.4 is 10.4 Å². The minimum atomic E-state index is -1.29. The fourth-order valence-corrected chi connectivity index (χ4v) is 1.95. The molecule has 0 radical (unpaired) electrons. The summed E-state index contributed by atoms with van der Waals surface area (Å²) < 4.78 is 12.9. The third-order valence-corrected chi connectivity index (χ3v) is 2.98. The zero-order valence-electron chi connectivity index (χ0n) is 11.1. The number of carbonyl (C=O) groups is 2. The van der Waals surface area contributed by atoms with Crippen LogP contribution in [0, 0.1) is 5.82 Å². The van der Waals surface area contributed by atoms with Gasteiger partial charge in [-0.15, -0.1) is 0 Å². The quantitative estimate of drug-likeness (QED) is 0.904. The first-order valence-electron chi connectivity index (χ1n) is 6.37. The van der Waals surface area contributed by atoms with E-state index >= 15 is 0 Å². The highest BCUT2D eigenvalue weighted by Gasteiger charge is 2.16. The van der Waals surface area contributed by atoms with Gasteiger partial charge in [0, 0.05) is 18.0 Å². The average Bonchev–Trinajstić information content (AvgIpc) is 2.48. The summed E-state index contributed by atoms with van der Waals surface area (Å²) >= 11 is 0. The third-order valence-electron chi connectivity index (χ3n) is 2.98. The molecule has 0 spiro atoms. The summed E-state index contributed by atoms with van der Waals surface area (Å²) in [4.78, 5) is 22.9. The number of halogens is 1. The topological polar surface area (TPSA) is 69.2 Å². The van der Waals surface area contributed by atoms with E-state index in [4.69, 9.17) is 0 Å². The molecule has 21 heavy (non-hydrogen) atoms. The van der Waals surface area contributed by atoms with E-state index in [1.165, 1.54) is 24.3 Å². The number of aliphatic carboxylic acids is 1. The van der Waals surface area contributed by atoms with Crippen LogP contribution in [-0.2, 0) is 4.79 Å². The van der Waals surface area contributed by atoms with E-state index in [-0.39, 0.29) is 6.42 Å². The summed E-state index contributed by atoms with van der Waals surface area (Å²) in [5, 5.41) is 13.4. The Morgan fingerprint density at radius 2 is 1.67 bits per heavy atom. The second kappa shape index (κ2) is 6.65. The molecule has 0 saturated carbocycles. The van der Waals surface area contributed by atoms with Gasteiger partial charge in [0.1, 0.15) is 5.82 Å². The van der Waals surface area contributed by atoms with Crippen molar-refractivity contribution in [2.45, 2.75) is 12.5 Å². The van der Waals surface area contributed by atoms with Crippen LogP contribution in [0.1, 0.15) is 28.4 Å². The van der Waals surface area contributed by atoms with Crippen molar-refractivity contribution in [3.8, 4) is 0 Å². The number of carboxylic acids is 1. The fourth-order valence-electron chi connectivity index (χ4n) is 1.95.